The van der Waals surface area contributed by atoms with Crippen LogP contribution in [0.3, 0.4) is 0 Å². The third-order valence-electron chi connectivity index (χ3n) is 3.03. The Morgan fingerprint density at radius 2 is 2.14 bits per heavy atom. The normalized spacial score (nSPS) is 11.9. The summed E-state index contributed by atoms with van der Waals surface area (Å²) in [6.07, 6.45) is 1.11. The predicted molar refractivity (Wildman–Crippen MR) is 87.9 cm³/mol. The highest BCUT2D eigenvalue weighted by molar-refractivity contribution is 9.10. The molecule has 0 aliphatic rings. The second-order valence-corrected chi connectivity index (χ2v) is 5.37. The largest absolute Gasteiger partial charge is 0.372 e. The Labute approximate surface area is 136 Å². The van der Waals surface area contributed by atoms with Crippen LogP contribution in [0.2, 0.25) is 0 Å². The first kappa shape index (κ1) is 16.4. The minimum atomic E-state index is -0.478. The van der Waals surface area contributed by atoms with Gasteiger partial charge in [0.05, 0.1) is 15.5 Å². The van der Waals surface area contributed by atoms with Crippen LogP contribution in [0.1, 0.15) is 18.6 Å². The quantitative estimate of drug-likeness (QED) is 0.593. The van der Waals surface area contributed by atoms with Gasteiger partial charge in [-0.2, -0.15) is 0 Å². The van der Waals surface area contributed by atoms with Gasteiger partial charge in [0.25, 0.3) is 5.69 Å². The Hall–Kier alpha value is -1.99. The average Bonchev–Trinajstić information content (AvgIpc) is 2.53. The van der Waals surface area contributed by atoms with Gasteiger partial charge in [-0.3, -0.25) is 10.1 Å². The number of halogens is 1. The van der Waals surface area contributed by atoms with E-state index in [2.05, 4.69) is 26.2 Å². The van der Waals surface area contributed by atoms with Gasteiger partial charge >= 0.3 is 0 Å². The molecule has 0 saturated heterocycles. The number of ether oxygens (including phenoxy) is 1. The molecule has 1 atom stereocenters. The van der Waals surface area contributed by atoms with Crippen LogP contribution in [0.15, 0.2) is 47.1 Å². The van der Waals surface area contributed by atoms with E-state index in [4.69, 9.17) is 4.74 Å². The molecule has 1 heterocycles. The zero-order chi connectivity index (χ0) is 15.9. The van der Waals surface area contributed by atoms with Crippen LogP contribution in [0.25, 0.3) is 0 Å². The minimum Gasteiger partial charge on any atom is -0.372 e. The van der Waals surface area contributed by atoms with Crippen molar-refractivity contribution in [2.45, 2.75) is 13.0 Å². The van der Waals surface area contributed by atoms with E-state index in [0.717, 1.165) is 5.56 Å². The first-order chi connectivity index (χ1) is 10.6. The van der Waals surface area contributed by atoms with Crippen LogP contribution in [0.4, 0.5) is 11.5 Å². The van der Waals surface area contributed by atoms with Gasteiger partial charge in [-0.15, -0.1) is 0 Å². The van der Waals surface area contributed by atoms with Crippen molar-refractivity contribution in [3.8, 4) is 0 Å². The molecular weight excluding hydrogens is 350 g/mol. The summed E-state index contributed by atoms with van der Waals surface area (Å²) in [6, 6.07) is 11.3. The van der Waals surface area contributed by atoms with Crippen LogP contribution >= 0.6 is 15.9 Å². The second kappa shape index (κ2) is 7.86. The highest BCUT2D eigenvalue weighted by atomic mass is 79.9. The van der Waals surface area contributed by atoms with E-state index >= 15 is 0 Å². The van der Waals surface area contributed by atoms with Crippen molar-refractivity contribution >= 4 is 27.4 Å². The van der Waals surface area contributed by atoms with Crippen molar-refractivity contribution in [1.82, 2.24) is 4.98 Å². The first-order valence-corrected chi connectivity index (χ1v) is 7.61. The molecule has 0 fully saturated rings. The summed E-state index contributed by atoms with van der Waals surface area (Å²) in [5.74, 6) is 0.547. The maximum absolute atomic E-state index is 10.7. The monoisotopic (exact) mass is 365 g/mol. The summed E-state index contributed by atoms with van der Waals surface area (Å²) in [5.41, 5.74) is 1.01. The lowest BCUT2D eigenvalue weighted by Gasteiger charge is -2.18. The number of nitrogens with one attached hydrogen (secondary N) is 1. The summed E-state index contributed by atoms with van der Waals surface area (Å²) >= 11 is 3.29. The van der Waals surface area contributed by atoms with Crippen LogP contribution in [-0.4, -0.2) is 23.1 Å². The van der Waals surface area contributed by atoms with E-state index in [1.54, 1.807) is 0 Å². The number of anilines is 1. The molecule has 0 radical (unpaired) electrons. The number of aromatic nitrogens is 1. The Balaban J connectivity index is 2.08. The lowest BCUT2D eigenvalue weighted by atomic mass is 10.1. The van der Waals surface area contributed by atoms with Crippen LogP contribution < -0.4 is 5.32 Å². The molecular formula is C15H16BrN3O3. The fourth-order valence-corrected chi connectivity index (χ4v) is 2.47. The average molecular weight is 366 g/mol. The number of hydrogen-bond acceptors (Lipinski definition) is 5. The molecule has 22 heavy (non-hydrogen) atoms. The highest BCUT2D eigenvalue weighted by Crippen LogP contribution is 2.25. The lowest BCUT2D eigenvalue weighted by Crippen LogP contribution is -2.16. The molecule has 0 bridgehead atoms. The maximum Gasteiger partial charge on any atom is 0.288 e. The molecule has 2 rings (SSSR count). The fourth-order valence-electron chi connectivity index (χ4n) is 1.99. The van der Waals surface area contributed by atoms with Crippen molar-refractivity contribution in [2.75, 3.05) is 18.5 Å². The zero-order valence-electron chi connectivity index (χ0n) is 12.0. The zero-order valence-corrected chi connectivity index (χ0v) is 13.6. The summed E-state index contributed by atoms with van der Waals surface area (Å²) in [4.78, 5) is 14.3. The molecule has 1 aromatic carbocycles. The molecule has 1 aromatic heterocycles. The number of rotatable bonds is 7. The molecule has 0 saturated carbocycles. The Kier molecular flexibility index (Phi) is 5.85. The van der Waals surface area contributed by atoms with Gasteiger partial charge in [0, 0.05) is 19.2 Å². The number of nitrogens with zero attached hydrogens (tertiary/aromatic N) is 2. The summed E-state index contributed by atoms with van der Waals surface area (Å²) in [7, 11) is 0. The molecule has 6 nitrogen and oxygen atoms in total. The van der Waals surface area contributed by atoms with Crippen molar-refractivity contribution in [2.24, 2.45) is 0 Å². The van der Waals surface area contributed by atoms with E-state index in [0.29, 0.717) is 23.4 Å². The van der Waals surface area contributed by atoms with Gasteiger partial charge in [-0.05, 0) is 28.4 Å². The maximum atomic E-state index is 10.7. The summed E-state index contributed by atoms with van der Waals surface area (Å²) in [5, 5.41) is 13.9. The van der Waals surface area contributed by atoms with Gasteiger partial charge in [0.2, 0.25) is 0 Å². The highest BCUT2D eigenvalue weighted by Gasteiger charge is 2.14. The number of benzene rings is 1. The molecule has 0 aliphatic carbocycles. The molecule has 2 aromatic rings. The fraction of sp³-hybridized carbons (Fsp3) is 0.267. The van der Waals surface area contributed by atoms with Crippen molar-refractivity contribution in [1.29, 1.82) is 0 Å². The van der Waals surface area contributed by atoms with Crippen LogP contribution in [-0.2, 0) is 4.74 Å². The Morgan fingerprint density at radius 1 is 1.41 bits per heavy atom. The van der Waals surface area contributed by atoms with Crippen LogP contribution in [0, 0.1) is 10.1 Å². The number of pyridine rings is 1. The molecule has 0 spiro atoms. The standard InChI is InChI=1S/C15H16BrN3O3/c1-2-22-14(11-6-4-3-5-7-11)10-18-15-13(16)8-12(9-17-15)19(20)21/h3-9,14H,2,10H2,1H3,(H,17,18). The van der Waals surface area contributed by atoms with E-state index in [-0.39, 0.29) is 11.8 Å². The SMILES string of the molecule is CCOC(CNc1ncc([N+](=O)[O-])cc1Br)c1ccccc1. The molecule has 7 heteroatoms. The molecule has 1 N–H and O–H groups in total. The summed E-state index contributed by atoms with van der Waals surface area (Å²) in [6.45, 7) is 3.05. The molecule has 1 unspecified atom stereocenters. The van der Waals surface area contributed by atoms with Crippen molar-refractivity contribution < 1.29 is 9.66 Å². The third kappa shape index (κ3) is 4.25. The third-order valence-corrected chi connectivity index (χ3v) is 3.64. The van der Waals surface area contributed by atoms with Gasteiger partial charge in [0.15, 0.2) is 0 Å². The minimum absolute atomic E-state index is 0.0538. The van der Waals surface area contributed by atoms with Crippen molar-refractivity contribution in [3.05, 3.63) is 62.7 Å². The Bertz CT molecular complexity index is 637. The molecule has 0 aliphatic heterocycles. The molecule has 116 valence electrons. The van der Waals surface area contributed by atoms with E-state index in [1.165, 1.54) is 12.3 Å². The number of hydrogen-bond donors (Lipinski definition) is 1. The van der Waals surface area contributed by atoms with Crippen molar-refractivity contribution in [3.63, 3.8) is 0 Å². The van der Waals surface area contributed by atoms with Crippen LogP contribution in [0.5, 0.6) is 0 Å². The molecule has 0 amide bonds. The van der Waals surface area contributed by atoms with E-state index in [9.17, 15) is 10.1 Å². The second-order valence-electron chi connectivity index (χ2n) is 4.52. The Morgan fingerprint density at radius 3 is 2.73 bits per heavy atom. The smallest absolute Gasteiger partial charge is 0.288 e. The predicted octanol–water partition coefficient (Wildman–Crippen LogP) is 3.94. The van der Waals surface area contributed by atoms with E-state index < -0.39 is 4.92 Å². The van der Waals surface area contributed by atoms with Gasteiger partial charge in [-0.1, -0.05) is 30.3 Å². The van der Waals surface area contributed by atoms with E-state index in [1.807, 2.05) is 37.3 Å². The summed E-state index contributed by atoms with van der Waals surface area (Å²) < 4.78 is 6.28. The van der Waals surface area contributed by atoms with Gasteiger partial charge in [-0.25, -0.2) is 4.98 Å². The topological polar surface area (TPSA) is 77.3 Å². The first-order valence-electron chi connectivity index (χ1n) is 6.82. The lowest BCUT2D eigenvalue weighted by molar-refractivity contribution is -0.385. The van der Waals surface area contributed by atoms with Gasteiger partial charge in [0.1, 0.15) is 12.0 Å². The number of nitro groups is 1. The van der Waals surface area contributed by atoms with Gasteiger partial charge < -0.3 is 10.1 Å².